The first-order valence-electron chi connectivity index (χ1n) is 6.66. The minimum atomic E-state index is -0.00195. The molecule has 1 fully saturated rings. The minimum absolute atomic E-state index is 0.00195. The van der Waals surface area contributed by atoms with Gasteiger partial charge in [0.15, 0.2) is 0 Å². The fourth-order valence-electron chi connectivity index (χ4n) is 2.59. The molecule has 1 aliphatic rings. The van der Waals surface area contributed by atoms with E-state index in [-0.39, 0.29) is 5.54 Å². The SMILES string of the molecule is CN1CCCC(CN)(Nc2ccc(Cl)c(Br)c2)CC1. The van der Waals surface area contributed by atoms with Crippen LogP contribution in [0.1, 0.15) is 19.3 Å². The van der Waals surface area contributed by atoms with Gasteiger partial charge in [-0.05, 0) is 67.0 Å². The number of hydrogen-bond donors (Lipinski definition) is 2. The zero-order chi connectivity index (χ0) is 13.9. The summed E-state index contributed by atoms with van der Waals surface area (Å²) in [6.45, 7) is 2.88. The van der Waals surface area contributed by atoms with Gasteiger partial charge in [0.1, 0.15) is 0 Å². The van der Waals surface area contributed by atoms with Crippen LogP contribution in [0, 0.1) is 0 Å². The summed E-state index contributed by atoms with van der Waals surface area (Å²) in [6.07, 6.45) is 3.35. The minimum Gasteiger partial charge on any atom is -0.378 e. The van der Waals surface area contributed by atoms with Gasteiger partial charge in [0.05, 0.1) is 10.6 Å². The summed E-state index contributed by atoms with van der Waals surface area (Å²) in [7, 11) is 2.17. The molecule has 19 heavy (non-hydrogen) atoms. The van der Waals surface area contributed by atoms with Crippen LogP contribution in [0.3, 0.4) is 0 Å². The molecule has 3 N–H and O–H groups in total. The number of benzene rings is 1. The molecule has 1 saturated heterocycles. The lowest BCUT2D eigenvalue weighted by molar-refractivity contribution is 0.337. The first-order valence-corrected chi connectivity index (χ1v) is 7.84. The van der Waals surface area contributed by atoms with Crippen LogP contribution in [0.25, 0.3) is 0 Å². The van der Waals surface area contributed by atoms with Gasteiger partial charge in [-0.1, -0.05) is 11.6 Å². The van der Waals surface area contributed by atoms with Gasteiger partial charge in [-0.25, -0.2) is 0 Å². The first kappa shape index (κ1) is 15.1. The zero-order valence-electron chi connectivity index (χ0n) is 11.3. The van der Waals surface area contributed by atoms with Crippen LogP contribution in [-0.4, -0.2) is 37.1 Å². The average molecular weight is 347 g/mol. The van der Waals surface area contributed by atoms with E-state index in [0.29, 0.717) is 6.54 Å². The van der Waals surface area contributed by atoms with E-state index in [1.165, 1.54) is 6.42 Å². The van der Waals surface area contributed by atoms with Gasteiger partial charge in [0.2, 0.25) is 0 Å². The highest BCUT2D eigenvalue weighted by Gasteiger charge is 2.30. The molecule has 3 nitrogen and oxygen atoms in total. The normalized spacial score (nSPS) is 25.1. The summed E-state index contributed by atoms with van der Waals surface area (Å²) in [4.78, 5) is 2.37. The molecule has 1 aromatic carbocycles. The number of hydrogen-bond acceptors (Lipinski definition) is 3. The Hall–Kier alpha value is -0.290. The monoisotopic (exact) mass is 345 g/mol. The van der Waals surface area contributed by atoms with Crippen molar-refractivity contribution in [2.24, 2.45) is 5.73 Å². The van der Waals surface area contributed by atoms with E-state index >= 15 is 0 Å². The molecule has 5 heteroatoms. The van der Waals surface area contributed by atoms with Gasteiger partial charge in [0, 0.05) is 23.2 Å². The second-order valence-corrected chi connectivity index (χ2v) is 6.66. The largest absolute Gasteiger partial charge is 0.378 e. The van der Waals surface area contributed by atoms with Crippen molar-refractivity contribution in [3.05, 3.63) is 27.7 Å². The predicted octanol–water partition coefficient (Wildman–Crippen LogP) is 3.33. The Morgan fingerprint density at radius 1 is 1.42 bits per heavy atom. The summed E-state index contributed by atoms with van der Waals surface area (Å²) in [5.41, 5.74) is 7.12. The van der Waals surface area contributed by atoms with Crippen LogP contribution in [0.2, 0.25) is 5.02 Å². The van der Waals surface area contributed by atoms with E-state index in [1.54, 1.807) is 0 Å². The molecule has 1 aliphatic heterocycles. The highest BCUT2D eigenvalue weighted by Crippen LogP contribution is 2.30. The van der Waals surface area contributed by atoms with Gasteiger partial charge >= 0.3 is 0 Å². The number of likely N-dealkylation sites (tertiary alicyclic amines) is 1. The lowest BCUT2D eigenvalue weighted by Crippen LogP contribution is -2.46. The lowest BCUT2D eigenvalue weighted by Gasteiger charge is -2.34. The first-order chi connectivity index (χ1) is 9.04. The molecule has 2 rings (SSSR count). The highest BCUT2D eigenvalue weighted by atomic mass is 79.9. The summed E-state index contributed by atoms with van der Waals surface area (Å²) in [6, 6.07) is 5.94. The van der Waals surface area contributed by atoms with E-state index < -0.39 is 0 Å². The Bertz CT molecular complexity index is 441. The van der Waals surface area contributed by atoms with E-state index in [0.717, 1.165) is 41.1 Å². The third kappa shape index (κ3) is 3.85. The molecule has 0 bridgehead atoms. The van der Waals surface area contributed by atoms with Crippen LogP contribution in [0.4, 0.5) is 5.69 Å². The van der Waals surface area contributed by atoms with Crippen molar-refractivity contribution in [3.63, 3.8) is 0 Å². The number of rotatable bonds is 3. The van der Waals surface area contributed by atoms with Gasteiger partial charge < -0.3 is 16.0 Å². The quantitative estimate of drug-likeness (QED) is 0.882. The molecule has 0 aromatic heterocycles. The standard InChI is InChI=1S/C14H21BrClN3/c1-19-7-2-5-14(10-17,6-8-19)18-11-3-4-13(16)12(15)9-11/h3-4,9,18H,2,5-8,10,17H2,1H3. The van der Waals surface area contributed by atoms with E-state index in [4.69, 9.17) is 17.3 Å². The second kappa shape index (κ2) is 6.44. The van der Waals surface area contributed by atoms with E-state index in [1.807, 2.05) is 18.2 Å². The van der Waals surface area contributed by atoms with E-state index in [9.17, 15) is 0 Å². The predicted molar refractivity (Wildman–Crippen MR) is 85.9 cm³/mol. The maximum Gasteiger partial charge on any atom is 0.0549 e. The molecule has 0 aliphatic carbocycles. The molecule has 1 heterocycles. The van der Waals surface area contributed by atoms with Crippen LogP contribution in [0.5, 0.6) is 0 Å². The van der Waals surface area contributed by atoms with Crippen molar-refractivity contribution in [2.75, 3.05) is 32.0 Å². The Morgan fingerprint density at radius 2 is 2.21 bits per heavy atom. The fraction of sp³-hybridized carbons (Fsp3) is 0.571. The summed E-state index contributed by atoms with van der Waals surface area (Å²) in [5.74, 6) is 0. The number of halogens is 2. The van der Waals surface area contributed by atoms with Gasteiger partial charge in [-0.2, -0.15) is 0 Å². The Morgan fingerprint density at radius 3 is 2.89 bits per heavy atom. The Labute approximate surface area is 128 Å². The number of nitrogens with one attached hydrogen (secondary N) is 1. The molecule has 106 valence electrons. The van der Waals surface area contributed by atoms with Crippen molar-refractivity contribution in [1.29, 1.82) is 0 Å². The maximum atomic E-state index is 6.05. The smallest absolute Gasteiger partial charge is 0.0549 e. The summed E-state index contributed by atoms with van der Waals surface area (Å²) >= 11 is 9.50. The maximum absolute atomic E-state index is 6.05. The lowest BCUT2D eigenvalue weighted by atomic mass is 9.90. The van der Waals surface area contributed by atoms with Gasteiger partial charge in [0.25, 0.3) is 0 Å². The molecule has 0 saturated carbocycles. The van der Waals surface area contributed by atoms with Crippen LogP contribution >= 0.6 is 27.5 Å². The average Bonchev–Trinajstić information content (AvgIpc) is 2.57. The summed E-state index contributed by atoms with van der Waals surface area (Å²) in [5, 5.41) is 4.36. The van der Waals surface area contributed by atoms with Crippen molar-refractivity contribution >= 4 is 33.2 Å². The third-order valence-corrected chi connectivity index (χ3v) is 5.10. The molecule has 0 spiro atoms. The van der Waals surface area contributed by atoms with Crippen LogP contribution < -0.4 is 11.1 Å². The molecule has 0 radical (unpaired) electrons. The third-order valence-electron chi connectivity index (χ3n) is 3.89. The van der Waals surface area contributed by atoms with Crippen molar-refractivity contribution < 1.29 is 0 Å². The van der Waals surface area contributed by atoms with Crippen molar-refractivity contribution in [1.82, 2.24) is 4.90 Å². The van der Waals surface area contributed by atoms with Crippen molar-refractivity contribution in [3.8, 4) is 0 Å². The van der Waals surface area contributed by atoms with Gasteiger partial charge in [-0.15, -0.1) is 0 Å². The second-order valence-electron chi connectivity index (χ2n) is 5.40. The fourth-order valence-corrected chi connectivity index (χ4v) is 3.09. The Kier molecular flexibility index (Phi) is 5.12. The topological polar surface area (TPSA) is 41.3 Å². The number of nitrogens with zero attached hydrogens (tertiary/aromatic N) is 1. The molecule has 1 unspecified atom stereocenters. The number of nitrogens with two attached hydrogens (primary N) is 1. The van der Waals surface area contributed by atoms with Crippen LogP contribution in [-0.2, 0) is 0 Å². The zero-order valence-corrected chi connectivity index (χ0v) is 13.6. The molecule has 1 aromatic rings. The van der Waals surface area contributed by atoms with E-state index in [2.05, 4.69) is 33.2 Å². The Balaban J connectivity index is 2.15. The number of anilines is 1. The van der Waals surface area contributed by atoms with Crippen LogP contribution in [0.15, 0.2) is 22.7 Å². The van der Waals surface area contributed by atoms with Crippen molar-refractivity contribution in [2.45, 2.75) is 24.8 Å². The molecular formula is C14H21BrClN3. The molecule has 1 atom stereocenters. The highest BCUT2D eigenvalue weighted by molar-refractivity contribution is 9.10. The molecule has 0 amide bonds. The summed E-state index contributed by atoms with van der Waals surface area (Å²) < 4.78 is 0.914. The van der Waals surface area contributed by atoms with Gasteiger partial charge in [-0.3, -0.25) is 0 Å². The molecular weight excluding hydrogens is 326 g/mol.